The Kier molecular flexibility index (Phi) is 7.63. The summed E-state index contributed by atoms with van der Waals surface area (Å²) in [5, 5.41) is 3.16. The molecule has 0 spiro atoms. The number of rotatable bonds is 7. The Balaban J connectivity index is 2.11. The molecule has 0 aliphatic heterocycles. The second-order valence-corrected chi connectivity index (χ2v) is 7.58. The van der Waals surface area contributed by atoms with Gasteiger partial charge in [0.05, 0.1) is 19.3 Å². The van der Waals surface area contributed by atoms with Crippen molar-refractivity contribution in [1.82, 2.24) is 0 Å². The lowest BCUT2D eigenvalue weighted by molar-refractivity contribution is -0.116. The fourth-order valence-corrected chi connectivity index (χ4v) is 4.47. The Morgan fingerprint density at radius 2 is 1.85 bits per heavy atom. The van der Waals surface area contributed by atoms with Gasteiger partial charge in [0.25, 0.3) is 0 Å². The van der Waals surface area contributed by atoms with Crippen molar-refractivity contribution in [2.24, 2.45) is 5.92 Å². The van der Waals surface area contributed by atoms with Gasteiger partial charge < -0.3 is 14.8 Å². The lowest BCUT2D eigenvalue weighted by atomic mass is 9.86. The Morgan fingerprint density at radius 3 is 2.46 bits per heavy atom. The minimum absolute atomic E-state index is 0.140. The van der Waals surface area contributed by atoms with Crippen molar-refractivity contribution < 1.29 is 23.9 Å². The standard InChI is InChI=1S/C19H27NO5S/c1-4-25-18(22)15-12(2)16(19(23)24-3)26-17(15)20-14(21)11-10-13-8-6-5-7-9-13/h13H,4-11H2,1-3H3,(H,20,21). The lowest BCUT2D eigenvalue weighted by Crippen LogP contribution is -2.16. The smallest absolute Gasteiger partial charge is 0.348 e. The Bertz CT molecular complexity index is 661. The van der Waals surface area contributed by atoms with Gasteiger partial charge in [0, 0.05) is 6.42 Å². The van der Waals surface area contributed by atoms with E-state index in [1.165, 1.54) is 39.2 Å². The van der Waals surface area contributed by atoms with Crippen LogP contribution in [0.3, 0.4) is 0 Å². The predicted octanol–water partition coefficient (Wildman–Crippen LogP) is 4.32. The third-order valence-electron chi connectivity index (χ3n) is 4.75. The number of carbonyl (C=O) groups is 3. The van der Waals surface area contributed by atoms with Crippen molar-refractivity contribution in [2.75, 3.05) is 19.0 Å². The van der Waals surface area contributed by atoms with Crippen LogP contribution in [0.25, 0.3) is 0 Å². The van der Waals surface area contributed by atoms with E-state index in [1.807, 2.05) is 0 Å². The maximum Gasteiger partial charge on any atom is 0.348 e. The van der Waals surface area contributed by atoms with Crippen molar-refractivity contribution in [3.05, 3.63) is 16.0 Å². The highest BCUT2D eigenvalue weighted by Gasteiger charge is 2.27. The number of anilines is 1. The highest BCUT2D eigenvalue weighted by molar-refractivity contribution is 7.18. The number of thiophene rings is 1. The van der Waals surface area contributed by atoms with Crippen LogP contribution < -0.4 is 5.32 Å². The van der Waals surface area contributed by atoms with Crippen LogP contribution in [0.2, 0.25) is 0 Å². The molecule has 0 unspecified atom stereocenters. The van der Waals surface area contributed by atoms with E-state index in [9.17, 15) is 14.4 Å². The maximum atomic E-state index is 12.4. The molecule has 1 N–H and O–H groups in total. The topological polar surface area (TPSA) is 81.7 Å². The van der Waals surface area contributed by atoms with Gasteiger partial charge in [0.2, 0.25) is 5.91 Å². The molecular weight excluding hydrogens is 354 g/mol. The van der Waals surface area contributed by atoms with E-state index in [0.29, 0.717) is 27.8 Å². The first-order valence-corrected chi connectivity index (χ1v) is 9.98. The molecule has 1 saturated carbocycles. The van der Waals surface area contributed by atoms with Gasteiger partial charge in [-0.3, -0.25) is 4.79 Å². The van der Waals surface area contributed by atoms with Crippen LogP contribution in [-0.4, -0.2) is 31.6 Å². The van der Waals surface area contributed by atoms with Crippen LogP contribution in [0.5, 0.6) is 0 Å². The highest BCUT2D eigenvalue weighted by atomic mass is 32.1. The summed E-state index contributed by atoms with van der Waals surface area (Å²) in [6.07, 6.45) is 7.41. The summed E-state index contributed by atoms with van der Waals surface area (Å²) in [4.78, 5) is 36.9. The Hall–Kier alpha value is -1.89. The van der Waals surface area contributed by atoms with E-state index in [1.54, 1.807) is 13.8 Å². The summed E-state index contributed by atoms with van der Waals surface area (Å²) in [5.74, 6) is -0.603. The molecule has 0 radical (unpaired) electrons. The summed E-state index contributed by atoms with van der Waals surface area (Å²) in [5.41, 5.74) is 0.714. The lowest BCUT2D eigenvalue weighted by Gasteiger charge is -2.20. The van der Waals surface area contributed by atoms with E-state index in [0.717, 1.165) is 17.8 Å². The molecule has 6 nitrogen and oxygen atoms in total. The van der Waals surface area contributed by atoms with Crippen LogP contribution in [0.4, 0.5) is 5.00 Å². The molecule has 0 bridgehead atoms. The average Bonchev–Trinajstić information content (AvgIpc) is 2.96. The molecule has 26 heavy (non-hydrogen) atoms. The van der Waals surface area contributed by atoms with Crippen molar-refractivity contribution in [2.45, 2.75) is 58.8 Å². The van der Waals surface area contributed by atoms with Crippen molar-refractivity contribution in [1.29, 1.82) is 0 Å². The predicted molar refractivity (Wildman–Crippen MR) is 101 cm³/mol. The summed E-state index contributed by atoms with van der Waals surface area (Å²) in [6, 6.07) is 0. The maximum absolute atomic E-state index is 12.4. The van der Waals surface area contributed by atoms with Crippen molar-refractivity contribution in [3.63, 3.8) is 0 Å². The van der Waals surface area contributed by atoms with E-state index >= 15 is 0 Å². The van der Waals surface area contributed by atoms with E-state index < -0.39 is 11.9 Å². The summed E-state index contributed by atoms with van der Waals surface area (Å²) in [7, 11) is 1.29. The molecule has 2 rings (SSSR count). The molecule has 1 aliphatic rings. The molecule has 1 aromatic heterocycles. The molecule has 7 heteroatoms. The van der Waals surface area contributed by atoms with Crippen LogP contribution >= 0.6 is 11.3 Å². The number of nitrogens with one attached hydrogen (secondary N) is 1. The van der Waals surface area contributed by atoms with Crippen LogP contribution in [0, 0.1) is 12.8 Å². The van der Waals surface area contributed by atoms with Gasteiger partial charge in [-0.2, -0.15) is 0 Å². The number of methoxy groups -OCH3 is 1. The van der Waals surface area contributed by atoms with Crippen molar-refractivity contribution >= 4 is 34.2 Å². The minimum Gasteiger partial charge on any atom is -0.465 e. The molecule has 0 saturated heterocycles. The first-order chi connectivity index (χ1) is 12.5. The molecule has 1 aromatic rings. The number of hydrogen-bond donors (Lipinski definition) is 1. The highest BCUT2D eigenvalue weighted by Crippen LogP contribution is 2.35. The molecule has 1 heterocycles. The fourth-order valence-electron chi connectivity index (χ4n) is 3.34. The van der Waals surface area contributed by atoms with Gasteiger partial charge in [-0.25, -0.2) is 9.59 Å². The first kappa shape index (κ1) is 20.4. The molecule has 1 amide bonds. The summed E-state index contributed by atoms with van der Waals surface area (Å²) < 4.78 is 9.84. The van der Waals surface area contributed by atoms with Gasteiger partial charge in [-0.05, 0) is 31.7 Å². The van der Waals surface area contributed by atoms with Crippen LogP contribution in [0.15, 0.2) is 0 Å². The number of amides is 1. The number of hydrogen-bond acceptors (Lipinski definition) is 6. The molecule has 144 valence electrons. The zero-order chi connectivity index (χ0) is 19.1. The largest absolute Gasteiger partial charge is 0.465 e. The molecular formula is C19H27NO5S. The van der Waals surface area contributed by atoms with Gasteiger partial charge in [-0.1, -0.05) is 32.1 Å². The van der Waals surface area contributed by atoms with Gasteiger partial charge in [0.15, 0.2) is 0 Å². The van der Waals surface area contributed by atoms with Crippen LogP contribution in [0.1, 0.15) is 77.5 Å². The fraction of sp³-hybridized carbons (Fsp3) is 0.632. The minimum atomic E-state index is -0.543. The molecule has 1 aliphatic carbocycles. The summed E-state index contributed by atoms with van der Waals surface area (Å²) in [6.45, 7) is 3.59. The Morgan fingerprint density at radius 1 is 1.15 bits per heavy atom. The van der Waals surface area contributed by atoms with E-state index in [2.05, 4.69) is 5.32 Å². The van der Waals surface area contributed by atoms with E-state index in [4.69, 9.17) is 9.47 Å². The quantitative estimate of drug-likeness (QED) is 0.711. The third kappa shape index (κ3) is 5.06. The van der Waals surface area contributed by atoms with Gasteiger partial charge >= 0.3 is 11.9 Å². The zero-order valence-corrected chi connectivity index (χ0v) is 16.5. The molecule has 1 fully saturated rings. The van der Waals surface area contributed by atoms with Crippen LogP contribution in [-0.2, 0) is 14.3 Å². The second kappa shape index (κ2) is 9.71. The number of carbonyl (C=O) groups excluding carboxylic acids is 3. The Labute approximate surface area is 158 Å². The SMILES string of the molecule is CCOC(=O)c1c(NC(=O)CCC2CCCCC2)sc(C(=O)OC)c1C. The third-order valence-corrected chi connectivity index (χ3v) is 5.94. The monoisotopic (exact) mass is 381 g/mol. The summed E-state index contributed by atoms with van der Waals surface area (Å²) >= 11 is 1.06. The van der Waals surface area contributed by atoms with Gasteiger partial charge in [-0.15, -0.1) is 11.3 Å². The normalized spacial score (nSPS) is 14.7. The molecule has 0 atom stereocenters. The van der Waals surface area contributed by atoms with Gasteiger partial charge in [0.1, 0.15) is 9.88 Å². The number of ether oxygens (including phenoxy) is 2. The first-order valence-electron chi connectivity index (χ1n) is 9.16. The van der Waals surface area contributed by atoms with E-state index in [-0.39, 0.29) is 18.1 Å². The molecule has 0 aromatic carbocycles. The van der Waals surface area contributed by atoms with Crippen molar-refractivity contribution in [3.8, 4) is 0 Å². The zero-order valence-electron chi connectivity index (χ0n) is 15.7. The number of esters is 2. The second-order valence-electron chi connectivity index (χ2n) is 6.56. The average molecular weight is 381 g/mol.